The van der Waals surface area contributed by atoms with Crippen LogP contribution in [0.5, 0.6) is 0 Å². The van der Waals surface area contributed by atoms with Crippen molar-refractivity contribution in [3.05, 3.63) is 65.2 Å². The number of amides is 7. The summed E-state index contributed by atoms with van der Waals surface area (Å²) in [5.41, 5.74) is -0.204. The summed E-state index contributed by atoms with van der Waals surface area (Å²) in [6.07, 6.45) is -0.760. The molecule has 0 aromatic heterocycles. The summed E-state index contributed by atoms with van der Waals surface area (Å²) < 4.78 is 35.0. The SMILES string of the molecule is Cc1ccc(NC(=O)N[C@@H](Cc2cc(F)cc(F)c2)C(=O)N[C@@H]2C(=O)N3C[C@H](O)C[C@H]3C(=O)N3CCCC[C@H]3C(=O)N[C@@H](C)C(=O)N3C[C@H](C)CC3(C=O)CO[C@H]2C)cc1. The van der Waals surface area contributed by atoms with Crippen molar-refractivity contribution in [2.24, 2.45) is 5.92 Å². The monoisotopic (exact) mass is 837 g/mol. The summed E-state index contributed by atoms with van der Waals surface area (Å²) in [6.45, 7) is 6.27. The van der Waals surface area contributed by atoms with Crippen molar-refractivity contribution in [3.8, 4) is 0 Å². The summed E-state index contributed by atoms with van der Waals surface area (Å²) in [6, 6.07) is 2.08. The third-order valence-electron chi connectivity index (χ3n) is 11.8. The first-order valence-corrected chi connectivity index (χ1v) is 20.4. The topological polar surface area (TPSA) is 207 Å². The van der Waals surface area contributed by atoms with E-state index in [0.29, 0.717) is 30.9 Å². The van der Waals surface area contributed by atoms with E-state index in [-0.39, 0.29) is 50.4 Å². The lowest BCUT2D eigenvalue weighted by Crippen LogP contribution is -2.64. The number of nitrogens with one attached hydrogen (secondary N) is 4. The number of fused-ring (bicyclic) bond motifs is 3. The number of ether oxygens (including phenoxy) is 1. The van der Waals surface area contributed by atoms with Gasteiger partial charge in [-0.1, -0.05) is 24.6 Å². The zero-order valence-electron chi connectivity index (χ0n) is 34.1. The maximum atomic E-state index is 14.8. The van der Waals surface area contributed by atoms with E-state index >= 15 is 0 Å². The molecule has 4 saturated heterocycles. The van der Waals surface area contributed by atoms with Crippen LogP contribution in [0.15, 0.2) is 42.5 Å². The summed E-state index contributed by atoms with van der Waals surface area (Å²) >= 11 is 0. The van der Waals surface area contributed by atoms with Gasteiger partial charge in [-0.15, -0.1) is 0 Å². The fraction of sp³-hybridized carbons (Fsp3) is 0.548. The number of hydrogen-bond donors (Lipinski definition) is 5. The van der Waals surface area contributed by atoms with Gasteiger partial charge in [0.15, 0.2) is 0 Å². The summed E-state index contributed by atoms with van der Waals surface area (Å²) in [5.74, 6) is -5.55. The zero-order valence-corrected chi connectivity index (χ0v) is 34.1. The molecule has 0 bridgehead atoms. The van der Waals surface area contributed by atoms with Gasteiger partial charge in [0.1, 0.15) is 53.7 Å². The average Bonchev–Trinajstić information content (AvgIpc) is 3.77. The average molecular weight is 838 g/mol. The molecule has 0 aliphatic carbocycles. The van der Waals surface area contributed by atoms with Crippen molar-refractivity contribution in [1.29, 1.82) is 0 Å². The maximum absolute atomic E-state index is 14.8. The van der Waals surface area contributed by atoms with Gasteiger partial charge in [-0.05, 0) is 82.2 Å². The standard InChI is InChI=1S/C42H53F2N7O9/c1-23-8-10-30(11-9-23)46-41(59)47-32(15-27-13-28(43)16-29(44)14-27)36(54)48-35-26(4)60-22-42(21-52)18-24(2)19-51(42)38(56)25(3)45-37(55)33-7-5-6-12-49(33)39(57)34-17-31(53)20-50(34)40(35)58/h8-11,13-14,16,21,24-26,31-35,53H,5-7,12,15,17-20,22H2,1-4H3,(H,45,55)(H,48,54)(H2,46,47,59)/t24-,25+,26+,31-,32+,33+,34+,35+,42?/m1/s1. The van der Waals surface area contributed by atoms with Gasteiger partial charge in [-0.25, -0.2) is 13.6 Å². The molecule has 2 aromatic carbocycles. The fourth-order valence-electron chi connectivity index (χ4n) is 8.74. The number of benzene rings is 2. The highest BCUT2D eigenvalue weighted by Crippen LogP contribution is 2.34. The van der Waals surface area contributed by atoms with Gasteiger partial charge in [0.2, 0.25) is 29.5 Å². The number of halogens is 2. The Balaban J connectivity index is 1.37. The Labute approximate surface area is 346 Å². The van der Waals surface area contributed by atoms with Gasteiger partial charge < -0.3 is 50.6 Å². The van der Waals surface area contributed by atoms with Crippen LogP contribution in [0.2, 0.25) is 0 Å². The number of carbonyl (C=O) groups excluding carboxylic acids is 7. The Kier molecular flexibility index (Phi) is 13.5. The third kappa shape index (κ3) is 9.75. The highest BCUT2D eigenvalue weighted by atomic mass is 19.1. The van der Waals surface area contributed by atoms with Crippen LogP contribution in [0, 0.1) is 24.5 Å². The molecular weight excluding hydrogens is 784 g/mol. The number of aliphatic hydroxyl groups excluding tert-OH is 1. The number of rotatable bonds is 7. The van der Waals surface area contributed by atoms with Crippen LogP contribution >= 0.6 is 0 Å². The minimum absolute atomic E-state index is 0.00705. The number of nitrogens with zero attached hydrogens (tertiary/aromatic N) is 3. The van der Waals surface area contributed by atoms with Crippen molar-refractivity contribution in [3.63, 3.8) is 0 Å². The van der Waals surface area contributed by atoms with Crippen LogP contribution in [0.1, 0.15) is 64.0 Å². The minimum Gasteiger partial charge on any atom is -0.391 e. The molecule has 324 valence electrons. The molecule has 0 spiro atoms. The Morgan fingerprint density at radius 1 is 0.967 bits per heavy atom. The van der Waals surface area contributed by atoms with Crippen LogP contribution in [0.25, 0.3) is 0 Å². The van der Waals surface area contributed by atoms with Crippen LogP contribution in [0.4, 0.5) is 19.3 Å². The molecule has 4 fully saturated rings. The van der Waals surface area contributed by atoms with Gasteiger partial charge in [0.05, 0.1) is 18.8 Å². The lowest BCUT2D eigenvalue weighted by molar-refractivity contribution is -0.155. The molecule has 4 aliphatic rings. The second kappa shape index (κ2) is 18.4. The first kappa shape index (κ1) is 44.1. The van der Waals surface area contributed by atoms with E-state index in [0.717, 1.165) is 22.6 Å². The molecule has 0 saturated carbocycles. The highest BCUT2D eigenvalue weighted by molar-refractivity contribution is 5.98. The highest BCUT2D eigenvalue weighted by Gasteiger charge is 2.51. The molecule has 9 atom stereocenters. The van der Waals surface area contributed by atoms with Crippen LogP contribution < -0.4 is 21.3 Å². The van der Waals surface area contributed by atoms with Crippen molar-refractivity contribution in [2.75, 3.05) is 31.6 Å². The second-order valence-electron chi connectivity index (χ2n) is 16.7. The number of anilines is 1. The quantitative estimate of drug-likeness (QED) is 0.256. The van der Waals surface area contributed by atoms with Crippen molar-refractivity contribution < 1.29 is 52.2 Å². The van der Waals surface area contributed by atoms with E-state index in [1.54, 1.807) is 24.3 Å². The smallest absolute Gasteiger partial charge is 0.319 e. The molecule has 4 heterocycles. The maximum Gasteiger partial charge on any atom is 0.319 e. The van der Waals surface area contributed by atoms with Gasteiger partial charge in [-0.2, -0.15) is 0 Å². The van der Waals surface area contributed by atoms with E-state index in [1.807, 2.05) is 13.8 Å². The second-order valence-corrected chi connectivity index (χ2v) is 16.7. The van der Waals surface area contributed by atoms with E-state index in [2.05, 4.69) is 21.3 Å². The van der Waals surface area contributed by atoms with Crippen molar-refractivity contribution in [2.45, 2.75) is 114 Å². The number of urea groups is 1. The normalized spacial score (nSPS) is 29.5. The predicted molar refractivity (Wildman–Crippen MR) is 212 cm³/mol. The Morgan fingerprint density at radius 2 is 1.67 bits per heavy atom. The predicted octanol–water partition coefficient (Wildman–Crippen LogP) is 1.56. The number of aldehydes is 1. The molecule has 0 radical (unpaired) electrons. The molecule has 5 N–H and O–H groups in total. The zero-order chi connectivity index (χ0) is 43.5. The van der Waals surface area contributed by atoms with E-state index in [1.165, 1.54) is 23.6 Å². The number of aliphatic hydroxyl groups is 1. The summed E-state index contributed by atoms with van der Waals surface area (Å²) in [5, 5.41) is 21.4. The Morgan fingerprint density at radius 3 is 2.35 bits per heavy atom. The van der Waals surface area contributed by atoms with Gasteiger partial charge in [0.25, 0.3) is 0 Å². The van der Waals surface area contributed by atoms with Crippen LogP contribution in [-0.4, -0.2) is 136 Å². The molecule has 1 unspecified atom stereocenters. The van der Waals surface area contributed by atoms with Crippen LogP contribution in [0.3, 0.4) is 0 Å². The molecular formula is C42H53F2N7O9. The molecule has 6 rings (SSSR count). The van der Waals surface area contributed by atoms with Gasteiger partial charge >= 0.3 is 6.03 Å². The number of aryl methyl sites for hydroxylation is 1. The number of hydrogen-bond acceptors (Lipinski definition) is 9. The Bertz CT molecular complexity index is 1970. The first-order chi connectivity index (χ1) is 28.5. The molecule has 60 heavy (non-hydrogen) atoms. The largest absolute Gasteiger partial charge is 0.391 e. The van der Waals surface area contributed by atoms with Gasteiger partial charge in [-0.3, -0.25) is 24.0 Å². The van der Waals surface area contributed by atoms with Crippen molar-refractivity contribution >= 4 is 47.5 Å². The summed E-state index contributed by atoms with van der Waals surface area (Å²) in [7, 11) is 0. The fourth-order valence-corrected chi connectivity index (χ4v) is 8.74. The summed E-state index contributed by atoms with van der Waals surface area (Å²) in [4.78, 5) is 101. The Hall–Kier alpha value is -5.49. The first-order valence-electron chi connectivity index (χ1n) is 20.4. The molecule has 18 heteroatoms. The van der Waals surface area contributed by atoms with E-state index in [9.17, 15) is 47.4 Å². The lowest BCUT2D eigenvalue weighted by Gasteiger charge is -2.41. The van der Waals surface area contributed by atoms with Gasteiger partial charge in [0, 0.05) is 44.2 Å². The number of piperidine rings is 1. The molecule has 16 nitrogen and oxygen atoms in total. The van der Waals surface area contributed by atoms with E-state index < -0.39 is 108 Å². The molecule has 2 aromatic rings. The van der Waals surface area contributed by atoms with Crippen molar-refractivity contribution in [1.82, 2.24) is 30.7 Å². The van der Waals surface area contributed by atoms with E-state index in [4.69, 9.17) is 4.74 Å². The molecule has 4 aliphatic heterocycles. The molecule has 7 amide bonds. The third-order valence-corrected chi connectivity index (χ3v) is 11.8. The lowest BCUT2D eigenvalue weighted by atomic mass is 9.94. The minimum atomic E-state index is -1.63. The van der Waals surface area contributed by atoms with Crippen LogP contribution in [-0.2, 0) is 39.9 Å². The number of carbonyl (C=O) groups is 7.